The number of carbonyl (C=O) groups is 1. The van der Waals surface area contributed by atoms with Crippen molar-refractivity contribution in [3.8, 4) is 28.4 Å². The Morgan fingerprint density at radius 1 is 1.07 bits per heavy atom. The summed E-state index contributed by atoms with van der Waals surface area (Å²) in [5.74, 6) is -0.906. The Morgan fingerprint density at radius 2 is 1.86 bits per heavy atom. The summed E-state index contributed by atoms with van der Waals surface area (Å²) in [4.78, 5) is 20.2. The van der Waals surface area contributed by atoms with E-state index in [9.17, 15) is 9.90 Å². The monoisotopic (exact) mass is 398 g/mol. The lowest BCUT2D eigenvalue weighted by atomic mass is 9.97. The molecule has 0 saturated carbocycles. The Balaban J connectivity index is 2.14. The molecule has 0 aliphatic rings. The van der Waals surface area contributed by atoms with Gasteiger partial charge in [0.25, 0.3) is 0 Å². The first-order valence-electron chi connectivity index (χ1n) is 8.72. The van der Waals surface area contributed by atoms with Gasteiger partial charge < -0.3 is 14.9 Å². The third kappa shape index (κ3) is 4.30. The van der Waals surface area contributed by atoms with Crippen LogP contribution in [-0.2, 0) is 0 Å². The molecule has 6 nitrogen and oxygen atoms in total. The Labute approximate surface area is 167 Å². The molecule has 2 aromatic heterocycles. The number of pyridine rings is 2. The molecule has 3 rings (SSSR count). The van der Waals surface area contributed by atoms with Crippen LogP contribution in [0.2, 0.25) is 5.02 Å². The van der Waals surface area contributed by atoms with E-state index in [2.05, 4.69) is 9.97 Å². The van der Waals surface area contributed by atoms with Gasteiger partial charge in [-0.25, -0.2) is 14.8 Å². The highest BCUT2D eigenvalue weighted by Crippen LogP contribution is 2.34. The van der Waals surface area contributed by atoms with Crippen molar-refractivity contribution in [3.63, 3.8) is 0 Å². The van der Waals surface area contributed by atoms with Crippen molar-refractivity contribution >= 4 is 17.6 Å². The number of aromatic carboxylic acids is 1. The average Bonchev–Trinajstić information content (AvgIpc) is 2.69. The molecular formula is C21H19ClN2O4. The number of hydrogen-bond donors (Lipinski definition) is 2. The molecule has 2 heterocycles. The van der Waals surface area contributed by atoms with Crippen LogP contribution in [0.4, 0.5) is 0 Å². The van der Waals surface area contributed by atoms with Gasteiger partial charge in [0.1, 0.15) is 10.7 Å². The number of hydrogen-bond acceptors (Lipinski definition) is 5. The number of carboxylic acid groups (broad SMARTS) is 1. The third-order valence-electron chi connectivity index (χ3n) is 4.15. The smallest absolute Gasteiger partial charge is 0.354 e. The van der Waals surface area contributed by atoms with Crippen molar-refractivity contribution in [2.45, 2.75) is 13.3 Å². The molecule has 0 aliphatic carbocycles. The topological polar surface area (TPSA) is 92.5 Å². The van der Waals surface area contributed by atoms with Crippen LogP contribution in [0, 0.1) is 6.92 Å². The normalized spacial score (nSPS) is 10.7. The first-order chi connectivity index (χ1) is 13.5. The van der Waals surface area contributed by atoms with Crippen molar-refractivity contribution in [2.75, 3.05) is 13.2 Å². The summed E-state index contributed by atoms with van der Waals surface area (Å²) >= 11 is 6.16. The fourth-order valence-electron chi connectivity index (χ4n) is 2.76. The van der Waals surface area contributed by atoms with E-state index in [0.717, 1.165) is 16.7 Å². The zero-order valence-electron chi connectivity index (χ0n) is 15.2. The second-order valence-electron chi connectivity index (χ2n) is 6.12. The van der Waals surface area contributed by atoms with Crippen LogP contribution in [0.25, 0.3) is 22.5 Å². The van der Waals surface area contributed by atoms with E-state index in [1.54, 1.807) is 18.2 Å². The average molecular weight is 399 g/mol. The van der Waals surface area contributed by atoms with E-state index in [0.29, 0.717) is 22.8 Å². The van der Waals surface area contributed by atoms with Crippen LogP contribution >= 0.6 is 11.6 Å². The summed E-state index contributed by atoms with van der Waals surface area (Å²) in [6, 6.07) is 14.3. The van der Waals surface area contributed by atoms with E-state index in [1.807, 2.05) is 31.2 Å². The van der Waals surface area contributed by atoms with Gasteiger partial charge in [-0.2, -0.15) is 0 Å². The van der Waals surface area contributed by atoms with Crippen LogP contribution in [-0.4, -0.2) is 39.4 Å². The fourth-order valence-corrected chi connectivity index (χ4v) is 2.92. The van der Waals surface area contributed by atoms with Gasteiger partial charge >= 0.3 is 5.97 Å². The SMILES string of the molecule is Cc1ccccc1-c1ccc(C(=O)O)nc1-c1ccc(Cl)c(OCCCO)n1. The van der Waals surface area contributed by atoms with E-state index in [-0.39, 0.29) is 24.8 Å². The number of carboxylic acids is 1. The molecule has 0 spiro atoms. The highest BCUT2D eigenvalue weighted by Gasteiger charge is 2.17. The van der Waals surface area contributed by atoms with Gasteiger partial charge in [-0.3, -0.25) is 0 Å². The second-order valence-corrected chi connectivity index (χ2v) is 6.53. The zero-order valence-corrected chi connectivity index (χ0v) is 16.0. The maximum Gasteiger partial charge on any atom is 0.354 e. The Hall–Kier alpha value is -2.96. The molecule has 0 amide bonds. The summed E-state index contributed by atoms with van der Waals surface area (Å²) in [7, 11) is 0. The first kappa shape index (κ1) is 19.8. The molecule has 28 heavy (non-hydrogen) atoms. The minimum atomic E-state index is -1.12. The standard InChI is InChI=1S/C21H19ClN2O4/c1-13-5-2-3-6-14(13)15-7-9-18(21(26)27)23-19(15)17-10-8-16(22)20(24-17)28-12-4-11-25/h2-3,5-10,25H,4,11-12H2,1H3,(H,26,27). The fraction of sp³-hybridized carbons (Fsp3) is 0.190. The number of rotatable bonds is 7. The molecule has 0 radical (unpaired) electrons. The van der Waals surface area contributed by atoms with Gasteiger partial charge in [0.2, 0.25) is 5.88 Å². The highest BCUT2D eigenvalue weighted by molar-refractivity contribution is 6.31. The number of ether oxygens (including phenoxy) is 1. The quantitative estimate of drug-likeness (QED) is 0.578. The molecule has 0 saturated heterocycles. The summed E-state index contributed by atoms with van der Waals surface area (Å²) < 4.78 is 5.54. The predicted molar refractivity (Wildman–Crippen MR) is 107 cm³/mol. The third-order valence-corrected chi connectivity index (χ3v) is 4.43. The lowest BCUT2D eigenvalue weighted by Gasteiger charge is -2.13. The van der Waals surface area contributed by atoms with Crippen LogP contribution in [0.1, 0.15) is 22.5 Å². The highest BCUT2D eigenvalue weighted by atomic mass is 35.5. The molecule has 2 N–H and O–H groups in total. The van der Waals surface area contributed by atoms with Crippen LogP contribution < -0.4 is 4.74 Å². The molecule has 1 aromatic carbocycles. The molecule has 144 valence electrons. The number of aromatic nitrogens is 2. The Kier molecular flexibility index (Phi) is 6.23. The van der Waals surface area contributed by atoms with E-state index < -0.39 is 5.97 Å². The van der Waals surface area contributed by atoms with Gasteiger partial charge in [-0.05, 0) is 42.3 Å². The van der Waals surface area contributed by atoms with Crippen molar-refractivity contribution in [1.29, 1.82) is 0 Å². The minimum absolute atomic E-state index is 0.00302. The summed E-state index contributed by atoms with van der Waals surface area (Å²) in [6.45, 7) is 2.24. The molecule has 0 aliphatic heterocycles. The van der Waals surface area contributed by atoms with E-state index >= 15 is 0 Å². The number of aryl methyl sites for hydroxylation is 1. The zero-order chi connectivity index (χ0) is 20.1. The summed E-state index contributed by atoms with van der Waals surface area (Å²) in [6.07, 6.45) is 0.448. The molecule has 3 aromatic rings. The maximum atomic E-state index is 11.4. The number of aliphatic hydroxyl groups excluding tert-OH is 1. The van der Waals surface area contributed by atoms with Crippen LogP contribution in [0.5, 0.6) is 5.88 Å². The van der Waals surface area contributed by atoms with Gasteiger partial charge in [0.05, 0.1) is 18.0 Å². The lowest BCUT2D eigenvalue weighted by Crippen LogP contribution is -2.05. The minimum Gasteiger partial charge on any atom is -0.477 e. The van der Waals surface area contributed by atoms with Crippen LogP contribution in [0.3, 0.4) is 0 Å². The van der Waals surface area contributed by atoms with Gasteiger partial charge in [-0.15, -0.1) is 0 Å². The number of aliphatic hydroxyl groups is 1. The number of benzene rings is 1. The van der Waals surface area contributed by atoms with Crippen molar-refractivity contribution in [1.82, 2.24) is 9.97 Å². The summed E-state index contributed by atoms with van der Waals surface area (Å²) in [5.41, 5.74) is 3.53. The van der Waals surface area contributed by atoms with E-state index in [4.69, 9.17) is 21.4 Å². The van der Waals surface area contributed by atoms with Crippen LogP contribution in [0.15, 0.2) is 48.5 Å². The Bertz CT molecular complexity index is 1010. The van der Waals surface area contributed by atoms with Gasteiger partial charge in [-0.1, -0.05) is 35.9 Å². The largest absolute Gasteiger partial charge is 0.477 e. The molecule has 7 heteroatoms. The van der Waals surface area contributed by atoms with Crippen molar-refractivity contribution in [3.05, 3.63) is 64.8 Å². The molecule has 0 unspecified atom stereocenters. The van der Waals surface area contributed by atoms with Crippen molar-refractivity contribution < 1.29 is 19.7 Å². The predicted octanol–water partition coefficient (Wildman–Crippen LogP) is 4.23. The first-order valence-corrected chi connectivity index (χ1v) is 9.10. The number of nitrogens with zero attached hydrogens (tertiary/aromatic N) is 2. The molecular weight excluding hydrogens is 380 g/mol. The van der Waals surface area contributed by atoms with Crippen molar-refractivity contribution in [2.24, 2.45) is 0 Å². The Morgan fingerprint density at radius 3 is 2.57 bits per heavy atom. The lowest BCUT2D eigenvalue weighted by molar-refractivity contribution is 0.0690. The van der Waals surface area contributed by atoms with E-state index in [1.165, 1.54) is 6.07 Å². The van der Waals surface area contributed by atoms with Gasteiger partial charge in [0, 0.05) is 18.6 Å². The molecule has 0 bridgehead atoms. The molecule has 0 atom stereocenters. The summed E-state index contributed by atoms with van der Waals surface area (Å²) in [5, 5.41) is 18.6. The molecule has 0 fully saturated rings. The maximum absolute atomic E-state index is 11.4. The number of halogens is 1. The van der Waals surface area contributed by atoms with Gasteiger partial charge in [0.15, 0.2) is 0 Å². The second kappa shape index (κ2) is 8.82.